The molecule has 0 spiro atoms. The molecule has 17 heteroatoms. The Balaban J connectivity index is 1.06. The number of aliphatic carboxylic acids is 1. The highest BCUT2D eigenvalue weighted by molar-refractivity contribution is 5.76. The molecule has 6 unspecified atom stereocenters. The Morgan fingerprint density at radius 1 is 0.750 bits per heavy atom. The average molecular weight is 911 g/mol. The highest BCUT2D eigenvalue weighted by Crippen LogP contribution is 2.76. The Bertz CT molecular complexity index is 1780. The predicted molar refractivity (Wildman–Crippen MR) is 224 cm³/mol. The molecule has 0 radical (unpaired) electrons. The smallest absolute Gasteiger partial charge is 0.310 e. The van der Waals surface area contributed by atoms with Crippen LogP contribution in [0, 0.1) is 50.2 Å². The van der Waals surface area contributed by atoms with Gasteiger partial charge in [-0.1, -0.05) is 53.2 Å². The van der Waals surface area contributed by atoms with Crippen LogP contribution in [0.3, 0.4) is 0 Å². The maximum atomic E-state index is 13.7. The lowest BCUT2D eigenvalue weighted by molar-refractivity contribution is -0.380. The number of allylic oxidation sites excluding steroid dienone is 2. The Hall–Kier alpha value is -1.68. The number of carbonyl (C=O) groups excluding carboxylic acids is 1. The summed E-state index contributed by atoms with van der Waals surface area (Å²) in [6.07, 6.45) is -11.5. The van der Waals surface area contributed by atoms with E-state index in [1.165, 1.54) is 12.5 Å². The number of hydrogen-bond acceptors (Lipinski definition) is 16. The van der Waals surface area contributed by atoms with Crippen molar-refractivity contribution < 1.29 is 84.0 Å². The van der Waals surface area contributed by atoms with Crippen LogP contribution in [0.25, 0.3) is 0 Å². The first kappa shape index (κ1) is 48.8. The van der Waals surface area contributed by atoms with Crippen LogP contribution in [-0.2, 0) is 38.0 Å². The van der Waals surface area contributed by atoms with Crippen molar-refractivity contribution in [3.63, 3.8) is 0 Å². The lowest BCUT2D eigenvalue weighted by Gasteiger charge is -2.71. The van der Waals surface area contributed by atoms with Gasteiger partial charge < -0.3 is 79.2 Å². The first-order chi connectivity index (χ1) is 29.9. The van der Waals surface area contributed by atoms with Crippen molar-refractivity contribution in [2.24, 2.45) is 50.2 Å². The highest BCUT2D eigenvalue weighted by Gasteiger charge is 2.70. The molecule has 64 heavy (non-hydrogen) atoms. The molecule has 23 atom stereocenters. The fourth-order valence-corrected chi connectivity index (χ4v) is 14.6. The van der Waals surface area contributed by atoms with E-state index in [0.29, 0.717) is 25.7 Å². The van der Waals surface area contributed by atoms with Gasteiger partial charge in [0.2, 0.25) is 0 Å². The van der Waals surface area contributed by atoms with Crippen LogP contribution in [0.5, 0.6) is 0 Å². The van der Waals surface area contributed by atoms with Crippen molar-refractivity contribution in [3.05, 3.63) is 11.6 Å². The van der Waals surface area contributed by atoms with Gasteiger partial charge in [0.25, 0.3) is 0 Å². The third-order valence-corrected chi connectivity index (χ3v) is 18.9. The number of fused-ring (bicyclic) bond motifs is 7. The second-order valence-electron chi connectivity index (χ2n) is 22.7. The van der Waals surface area contributed by atoms with Gasteiger partial charge in [0.15, 0.2) is 18.9 Å². The molecular formula is C47H74O17. The van der Waals surface area contributed by atoms with Gasteiger partial charge in [0, 0.05) is 0 Å². The van der Waals surface area contributed by atoms with Gasteiger partial charge in [-0.15, -0.1) is 0 Å². The molecule has 0 aromatic carbocycles. The van der Waals surface area contributed by atoms with Crippen molar-refractivity contribution >= 4 is 12.3 Å². The molecule has 17 nitrogen and oxygen atoms in total. The summed E-state index contributed by atoms with van der Waals surface area (Å²) in [6.45, 7) is 13.9. The summed E-state index contributed by atoms with van der Waals surface area (Å²) < 4.78 is 36.4. The van der Waals surface area contributed by atoms with Crippen LogP contribution >= 0.6 is 0 Å². The number of aldehydes is 1. The summed E-state index contributed by atoms with van der Waals surface area (Å²) in [7, 11) is 0. The van der Waals surface area contributed by atoms with Crippen LogP contribution in [-0.4, -0.2) is 164 Å². The Labute approximate surface area is 375 Å². The van der Waals surface area contributed by atoms with E-state index in [1.807, 2.05) is 6.92 Å². The number of aliphatic hydroxyl groups excluding tert-OH is 8. The molecule has 3 saturated heterocycles. The SMILES string of the molecule is C[C@@H]1O[C@@H](O[C@H]2[C@H](O[C@H]3CC[C@@]4(C)C(CC[C@]5(C)C4CC=C4C6CC(C)(C)CCC6(C(=O)O)CC[C@]45C)C3(C)C=O)OC[C@H](OC3O[C@@H](CO)[C@H](O)[C@@H](O)[C@@H]3O)[C@@H]2O)[C@H](O)[C@H](O)[C@H]1O. The van der Waals surface area contributed by atoms with Crippen molar-refractivity contribution in [1.29, 1.82) is 0 Å². The molecule has 8 aliphatic rings. The molecule has 3 aliphatic heterocycles. The molecule has 3 heterocycles. The van der Waals surface area contributed by atoms with Gasteiger partial charge in [0.1, 0.15) is 67.3 Å². The van der Waals surface area contributed by atoms with Gasteiger partial charge in [-0.2, -0.15) is 0 Å². The van der Waals surface area contributed by atoms with Crippen LogP contribution in [0.1, 0.15) is 113 Å². The fraction of sp³-hybridized carbons (Fsp3) is 0.915. The van der Waals surface area contributed by atoms with Crippen molar-refractivity contribution in [2.45, 2.75) is 205 Å². The molecule has 4 saturated carbocycles. The van der Waals surface area contributed by atoms with E-state index < -0.39 is 116 Å². The monoisotopic (exact) mass is 910 g/mol. The Morgan fingerprint density at radius 2 is 1.41 bits per heavy atom. The zero-order valence-corrected chi connectivity index (χ0v) is 38.3. The quantitative estimate of drug-likeness (QED) is 0.0902. The molecule has 9 N–H and O–H groups in total. The van der Waals surface area contributed by atoms with E-state index in [1.54, 1.807) is 0 Å². The van der Waals surface area contributed by atoms with E-state index in [0.717, 1.165) is 44.8 Å². The molecule has 0 bridgehead atoms. The third kappa shape index (κ3) is 7.40. The Morgan fingerprint density at radius 3 is 2.06 bits per heavy atom. The van der Waals surface area contributed by atoms with Gasteiger partial charge in [-0.3, -0.25) is 4.79 Å². The third-order valence-electron chi connectivity index (χ3n) is 18.9. The minimum Gasteiger partial charge on any atom is -0.481 e. The molecule has 0 aromatic heterocycles. The molecule has 5 aliphatic carbocycles. The van der Waals surface area contributed by atoms with E-state index in [2.05, 4.69) is 40.7 Å². The number of aliphatic hydroxyl groups is 8. The summed E-state index contributed by atoms with van der Waals surface area (Å²) in [5.74, 6) is -0.634. The standard InChI is InChI=1S/C47H74O17/c1-22-30(50)33(53)35(55)38(60-22)64-37-32(52)26(62-39-36(56)34(54)31(51)25(19-48)61-39)20-59-40(37)63-29-11-12-43(4)27(44(29,5)21-49)10-13-46(7)28(43)9-8-23-24-18-42(2,3)14-16-47(24,41(57)58)17-15-45(23,46)6/h8,21-22,24-40,48,50-56H,9-20H2,1-7H3,(H,57,58)/t22-,24?,25-,26-,27?,28?,29-,30-,31-,32-,33+,34+,35+,36-,37+,38-,39?,40-,43-,44?,45+,46+,47?/m0/s1. The lowest BCUT2D eigenvalue weighted by Crippen LogP contribution is -2.67. The topological polar surface area (TPSA) is 272 Å². The number of carboxylic acids is 1. The number of ether oxygens (including phenoxy) is 6. The van der Waals surface area contributed by atoms with Crippen molar-refractivity contribution in [1.82, 2.24) is 0 Å². The molecule has 0 aromatic rings. The molecular weight excluding hydrogens is 837 g/mol. The van der Waals surface area contributed by atoms with E-state index in [4.69, 9.17) is 28.4 Å². The molecule has 364 valence electrons. The van der Waals surface area contributed by atoms with Crippen LogP contribution in [0.4, 0.5) is 0 Å². The Kier molecular flexibility index (Phi) is 13.0. The molecule has 8 rings (SSSR count). The zero-order valence-electron chi connectivity index (χ0n) is 38.3. The summed E-state index contributed by atoms with van der Waals surface area (Å²) in [4.78, 5) is 26.8. The molecule has 7 fully saturated rings. The van der Waals surface area contributed by atoms with Gasteiger partial charge in [-0.25, -0.2) is 0 Å². The van der Waals surface area contributed by atoms with E-state index >= 15 is 0 Å². The van der Waals surface area contributed by atoms with Gasteiger partial charge >= 0.3 is 5.97 Å². The number of hydrogen-bond donors (Lipinski definition) is 9. The summed E-state index contributed by atoms with van der Waals surface area (Å²) in [5, 5.41) is 95.9. The summed E-state index contributed by atoms with van der Waals surface area (Å²) >= 11 is 0. The maximum absolute atomic E-state index is 13.7. The van der Waals surface area contributed by atoms with Crippen LogP contribution < -0.4 is 0 Å². The zero-order chi connectivity index (χ0) is 46.7. The van der Waals surface area contributed by atoms with E-state index in [9.17, 15) is 55.5 Å². The van der Waals surface area contributed by atoms with Crippen molar-refractivity contribution in [3.8, 4) is 0 Å². The van der Waals surface area contributed by atoms with Crippen molar-refractivity contribution in [2.75, 3.05) is 13.2 Å². The highest BCUT2D eigenvalue weighted by atomic mass is 16.8. The first-order valence-corrected chi connectivity index (χ1v) is 23.6. The predicted octanol–water partition coefficient (Wildman–Crippen LogP) is 1.55. The largest absolute Gasteiger partial charge is 0.481 e. The summed E-state index contributed by atoms with van der Waals surface area (Å²) in [6, 6.07) is 0. The summed E-state index contributed by atoms with van der Waals surface area (Å²) in [5.41, 5.74) is -1.12. The number of carbonyl (C=O) groups is 2. The fourth-order valence-electron chi connectivity index (χ4n) is 14.6. The number of carboxylic acid groups (broad SMARTS) is 1. The second-order valence-corrected chi connectivity index (χ2v) is 22.7. The van der Waals surface area contributed by atoms with Gasteiger partial charge in [-0.05, 0) is 111 Å². The first-order valence-electron chi connectivity index (χ1n) is 23.6. The van der Waals surface area contributed by atoms with Crippen LogP contribution in [0.2, 0.25) is 0 Å². The molecule has 0 amide bonds. The van der Waals surface area contributed by atoms with Gasteiger partial charge in [0.05, 0.1) is 36.3 Å². The average Bonchev–Trinajstić information content (AvgIpc) is 3.24. The minimum absolute atomic E-state index is 0.0277. The minimum atomic E-state index is -1.79. The van der Waals surface area contributed by atoms with E-state index in [-0.39, 0.29) is 46.0 Å². The van der Waals surface area contributed by atoms with Crippen LogP contribution in [0.15, 0.2) is 11.6 Å². The normalized spacial score (nSPS) is 54.9. The number of rotatable bonds is 9. The lowest BCUT2D eigenvalue weighted by atomic mass is 9.33. The second kappa shape index (κ2) is 17.1. The maximum Gasteiger partial charge on any atom is 0.310 e.